The number of rotatable bonds is 2. The normalized spacial score (nSPS) is 13.7. The molecule has 1 aromatic rings. The number of para-hydroxylation sites is 1. The first-order chi connectivity index (χ1) is 7.18. The summed E-state index contributed by atoms with van der Waals surface area (Å²) in [6.07, 6.45) is 0.371. The van der Waals surface area contributed by atoms with E-state index in [1.165, 1.54) is 0 Å². The highest BCUT2D eigenvalue weighted by Gasteiger charge is 2.25. The van der Waals surface area contributed by atoms with Crippen LogP contribution in [0, 0.1) is 0 Å². The molecule has 78 valence electrons. The molecule has 0 radical (unpaired) electrons. The number of nitrogens with zero attached hydrogens (tertiary/aromatic N) is 1. The molecule has 0 saturated heterocycles. The van der Waals surface area contributed by atoms with Crippen LogP contribution in [0.25, 0.3) is 0 Å². The molecule has 0 spiro atoms. The largest absolute Gasteiger partial charge is 0.481 e. The SMILES string of the molecule is O=C(O)CC(=O)N1CCc2ccccc21. The molecule has 4 heteroatoms. The van der Waals surface area contributed by atoms with Crippen LogP contribution in [0.1, 0.15) is 12.0 Å². The Hall–Kier alpha value is -1.84. The second-order valence-corrected chi connectivity index (χ2v) is 3.49. The Morgan fingerprint density at radius 2 is 2.07 bits per heavy atom. The molecule has 1 N–H and O–H groups in total. The Morgan fingerprint density at radius 1 is 1.33 bits per heavy atom. The maximum atomic E-state index is 11.6. The van der Waals surface area contributed by atoms with Gasteiger partial charge in [0.2, 0.25) is 5.91 Å². The van der Waals surface area contributed by atoms with Crippen molar-refractivity contribution >= 4 is 17.6 Å². The maximum absolute atomic E-state index is 11.6. The second-order valence-electron chi connectivity index (χ2n) is 3.49. The highest BCUT2D eigenvalue weighted by molar-refractivity contribution is 6.04. The molecule has 2 rings (SSSR count). The standard InChI is InChI=1S/C11H11NO3/c13-10(7-11(14)15)12-6-5-8-3-1-2-4-9(8)12/h1-4H,5-7H2,(H,14,15). The lowest BCUT2D eigenvalue weighted by atomic mass is 10.2. The minimum Gasteiger partial charge on any atom is -0.481 e. The molecule has 0 aromatic heterocycles. The summed E-state index contributed by atoms with van der Waals surface area (Å²) in [5, 5.41) is 8.54. The average molecular weight is 205 g/mol. The van der Waals surface area contributed by atoms with Crippen molar-refractivity contribution in [3.8, 4) is 0 Å². The lowest BCUT2D eigenvalue weighted by Gasteiger charge is -2.15. The van der Waals surface area contributed by atoms with Crippen LogP contribution >= 0.6 is 0 Å². The first-order valence-corrected chi connectivity index (χ1v) is 4.78. The zero-order chi connectivity index (χ0) is 10.8. The first kappa shape index (κ1) is 9.71. The predicted octanol–water partition coefficient (Wildman–Crippen LogP) is 1.05. The molecule has 0 aliphatic carbocycles. The summed E-state index contributed by atoms with van der Waals surface area (Å²) >= 11 is 0. The number of anilines is 1. The number of carbonyl (C=O) groups is 2. The quantitative estimate of drug-likeness (QED) is 0.734. The van der Waals surface area contributed by atoms with E-state index in [4.69, 9.17) is 5.11 Å². The molecule has 1 aliphatic heterocycles. The third-order valence-electron chi connectivity index (χ3n) is 2.49. The zero-order valence-corrected chi connectivity index (χ0v) is 8.14. The highest BCUT2D eigenvalue weighted by atomic mass is 16.4. The number of benzene rings is 1. The Bertz CT molecular complexity index is 414. The number of fused-ring (bicyclic) bond motifs is 1. The van der Waals surface area contributed by atoms with Gasteiger partial charge in [0.1, 0.15) is 6.42 Å². The smallest absolute Gasteiger partial charge is 0.312 e. The lowest BCUT2D eigenvalue weighted by molar-refractivity contribution is -0.140. The van der Waals surface area contributed by atoms with Crippen molar-refractivity contribution in [3.05, 3.63) is 29.8 Å². The average Bonchev–Trinajstić information content (AvgIpc) is 2.59. The van der Waals surface area contributed by atoms with E-state index in [0.717, 1.165) is 17.7 Å². The van der Waals surface area contributed by atoms with E-state index in [-0.39, 0.29) is 5.91 Å². The molecule has 15 heavy (non-hydrogen) atoms. The van der Waals surface area contributed by atoms with E-state index >= 15 is 0 Å². The molecule has 0 atom stereocenters. The van der Waals surface area contributed by atoms with Gasteiger partial charge in [-0.2, -0.15) is 0 Å². The van der Waals surface area contributed by atoms with Crippen LogP contribution in [0.15, 0.2) is 24.3 Å². The number of hydrogen-bond donors (Lipinski definition) is 1. The van der Waals surface area contributed by atoms with E-state index in [9.17, 15) is 9.59 Å². The van der Waals surface area contributed by atoms with Gasteiger partial charge in [-0.15, -0.1) is 0 Å². The number of hydrogen-bond acceptors (Lipinski definition) is 2. The Kier molecular flexibility index (Phi) is 2.41. The molecule has 1 aromatic carbocycles. The Balaban J connectivity index is 2.20. The van der Waals surface area contributed by atoms with Crippen LogP contribution in [-0.2, 0) is 16.0 Å². The van der Waals surface area contributed by atoms with Gasteiger partial charge in [0, 0.05) is 12.2 Å². The third kappa shape index (κ3) is 1.83. The molecule has 0 unspecified atom stereocenters. The van der Waals surface area contributed by atoms with Gasteiger partial charge in [-0.25, -0.2) is 0 Å². The fraction of sp³-hybridized carbons (Fsp3) is 0.273. The van der Waals surface area contributed by atoms with Crippen molar-refractivity contribution in [2.24, 2.45) is 0 Å². The molecule has 1 heterocycles. The van der Waals surface area contributed by atoms with Crippen LogP contribution in [0.2, 0.25) is 0 Å². The number of amides is 1. The van der Waals surface area contributed by atoms with Crippen LogP contribution in [0.3, 0.4) is 0 Å². The van der Waals surface area contributed by atoms with Gasteiger partial charge >= 0.3 is 5.97 Å². The predicted molar refractivity (Wildman–Crippen MR) is 54.8 cm³/mol. The minimum atomic E-state index is -1.08. The fourth-order valence-corrected chi connectivity index (χ4v) is 1.82. The number of carboxylic acid groups (broad SMARTS) is 1. The van der Waals surface area contributed by atoms with Gasteiger partial charge in [-0.1, -0.05) is 18.2 Å². The van der Waals surface area contributed by atoms with Crippen molar-refractivity contribution in [2.75, 3.05) is 11.4 Å². The Morgan fingerprint density at radius 3 is 2.80 bits per heavy atom. The van der Waals surface area contributed by atoms with Gasteiger partial charge < -0.3 is 10.0 Å². The summed E-state index contributed by atoms with van der Waals surface area (Å²) < 4.78 is 0. The van der Waals surface area contributed by atoms with E-state index in [1.54, 1.807) is 4.90 Å². The number of aliphatic carboxylic acids is 1. The molecular formula is C11H11NO3. The van der Waals surface area contributed by atoms with Crippen LogP contribution in [-0.4, -0.2) is 23.5 Å². The van der Waals surface area contributed by atoms with Crippen molar-refractivity contribution in [3.63, 3.8) is 0 Å². The van der Waals surface area contributed by atoms with Crippen LogP contribution < -0.4 is 4.90 Å². The second kappa shape index (κ2) is 3.73. The van der Waals surface area contributed by atoms with Crippen LogP contribution in [0.5, 0.6) is 0 Å². The van der Waals surface area contributed by atoms with Gasteiger partial charge in [0.15, 0.2) is 0 Å². The molecule has 4 nitrogen and oxygen atoms in total. The molecular weight excluding hydrogens is 194 g/mol. The maximum Gasteiger partial charge on any atom is 0.312 e. The Labute approximate surface area is 87.1 Å². The molecule has 0 bridgehead atoms. The van der Waals surface area contributed by atoms with Gasteiger partial charge in [0.25, 0.3) is 0 Å². The monoisotopic (exact) mass is 205 g/mol. The molecule has 1 aliphatic rings. The third-order valence-corrected chi connectivity index (χ3v) is 2.49. The zero-order valence-electron chi connectivity index (χ0n) is 8.14. The van der Waals surface area contributed by atoms with Gasteiger partial charge in [-0.3, -0.25) is 9.59 Å². The fourth-order valence-electron chi connectivity index (χ4n) is 1.82. The van der Waals surface area contributed by atoms with Crippen LogP contribution in [0.4, 0.5) is 5.69 Å². The lowest BCUT2D eigenvalue weighted by Crippen LogP contribution is -2.30. The molecule has 1 amide bonds. The number of carbonyl (C=O) groups excluding carboxylic acids is 1. The van der Waals surface area contributed by atoms with E-state index in [1.807, 2.05) is 24.3 Å². The van der Waals surface area contributed by atoms with Crippen molar-refractivity contribution in [2.45, 2.75) is 12.8 Å². The molecule has 0 fully saturated rings. The minimum absolute atomic E-state index is 0.340. The summed E-state index contributed by atoms with van der Waals surface area (Å²) in [5.74, 6) is -1.42. The van der Waals surface area contributed by atoms with Gasteiger partial charge in [0.05, 0.1) is 0 Å². The van der Waals surface area contributed by atoms with E-state index < -0.39 is 12.4 Å². The summed E-state index contributed by atoms with van der Waals surface area (Å²) in [6, 6.07) is 7.58. The highest BCUT2D eigenvalue weighted by Crippen LogP contribution is 2.27. The number of carboxylic acids is 1. The topological polar surface area (TPSA) is 57.6 Å². The van der Waals surface area contributed by atoms with E-state index in [2.05, 4.69) is 0 Å². The summed E-state index contributed by atoms with van der Waals surface area (Å²) in [4.78, 5) is 23.5. The van der Waals surface area contributed by atoms with Crippen molar-refractivity contribution in [1.29, 1.82) is 0 Å². The summed E-state index contributed by atoms with van der Waals surface area (Å²) in [6.45, 7) is 0.589. The van der Waals surface area contributed by atoms with Crippen molar-refractivity contribution < 1.29 is 14.7 Å². The van der Waals surface area contributed by atoms with Crippen molar-refractivity contribution in [1.82, 2.24) is 0 Å². The van der Waals surface area contributed by atoms with E-state index in [0.29, 0.717) is 6.54 Å². The molecule has 0 saturated carbocycles. The summed E-state index contributed by atoms with van der Waals surface area (Å²) in [7, 11) is 0. The summed E-state index contributed by atoms with van der Waals surface area (Å²) in [5.41, 5.74) is 1.96. The van der Waals surface area contributed by atoms with Gasteiger partial charge in [-0.05, 0) is 18.1 Å². The first-order valence-electron chi connectivity index (χ1n) is 4.78.